The number of methoxy groups -OCH3 is 1. The third kappa shape index (κ3) is 5.31. The monoisotopic (exact) mass is 347 g/mol. The number of hydrogen-bond acceptors (Lipinski definition) is 3. The highest BCUT2D eigenvalue weighted by Gasteiger charge is 2.14. The van der Waals surface area contributed by atoms with Gasteiger partial charge in [-0.3, -0.25) is 4.79 Å². The second-order valence-corrected chi connectivity index (χ2v) is 5.27. The van der Waals surface area contributed by atoms with E-state index in [1.54, 1.807) is 19.2 Å². The Morgan fingerprint density at radius 2 is 1.88 bits per heavy atom. The van der Waals surface area contributed by atoms with Crippen LogP contribution < -0.4 is 9.47 Å². The molecule has 0 radical (unpaired) electrons. The van der Waals surface area contributed by atoms with Crippen LogP contribution in [0, 0.1) is 0 Å². The number of ether oxygens (including phenoxy) is 2. The SMILES string of the molecule is COc1cccc(C=CC(=O)N(C)Cc2ccccc2)c1OC(F)F. The predicted octanol–water partition coefficient (Wildman–Crippen LogP) is 3.97. The summed E-state index contributed by atoms with van der Waals surface area (Å²) in [6.07, 6.45) is 2.75. The van der Waals surface area contributed by atoms with Crippen molar-refractivity contribution >= 4 is 12.0 Å². The Morgan fingerprint density at radius 3 is 2.52 bits per heavy atom. The van der Waals surface area contributed by atoms with E-state index >= 15 is 0 Å². The number of para-hydroxylation sites is 1. The average Bonchev–Trinajstić information content (AvgIpc) is 2.60. The first kappa shape index (κ1) is 18.4. The van der Waals surface area contributed by atoms with Gasteiger partial charge in [-0.15, -0.1) is 0 Å². The zero-order valence-corrected chi connectivity index (χ0v) is 14.0. The number of amides is 1. The van der Waals surface area contributed by atoms with Crippen molar-refractivity contribution < 1.29 is 23.0 Å². The van der Waals surface area contributed by atoms with Crippen molar-refractivity contribution in [1.82, 2.24) is 4.90 Å². The van der Waals surface area contributed by atoms with Gasteiger partial charge in [-0.25, -0.2) is 0 Å². The van der Waals surface area contributed by atoms with Crippen molar-refractivity contribution in [3.05, 3.63) is 65.7 Å². The fourth-order valence-corrected chi connectivity index (χ4v) is 2.26. The number of rotatable bonds is 7. The molecule has 0 saturated heterocycles. The van der Waals surface area contributed by atoms with Gasteiger partial charge < -0.3 is 14.4 Å². The van der Waals surface area contributed by atoms with Gasteiger partial charge in [0.25, 0.3) is 0 Å². The van der Waals surface area contributed by atoms with Gasteiger partial charge in [0, 0.05) is 25.2 Å². The minimum Gasteiger partial charge on any atom is -0.493 e. The first-order valence-corrected chi connectivity index (χ1v) is 7.60. The second-order valence-electron chi connectivity index (χ2n) is 5.27. The number of likely N-dealkylation sites (N-methyl/N-ethyl adjacent to an activating group) is 1. The van der Waals surface area contributed by atoms with Crippen LogP contribution in [-0.4, -0.2) is 31.6 Å². The molecule has 0 bridgehead atoms. The molecule has 0 heterocycles. The lowest BCUT2D eigenvalue weighted by Gasteiger charge is -2.15. The van der Waals surface area contributed by atoms with Crippen molar-refractivity contribution in [2.75, 3.05) is 14.2 Å². The Hall–Kier alpha value is -2.89. The van der Waals surface area contributed by atoms with Crippen molar-refractivity contribution in [2.45, 2.75) is 13.2 Å². The summed E-state index contributed by atoms with van der Waals surface area (Å²) in [6, 6.07) is 14.3. The smallest absolute Gasteiger partial charge is 0.387 e. The molecule has 2 rings (SSSR count). The fourth-order valence-electron chi connectivity index (χ4n) is 2.26. The number of carbonyl (C=O) groups is 1. The van der Waals surface area contributed by atoms with Gasteiger partial charge in [-0.2, -0.15) is 8.78 Å². The standard InChI is InChI=1S/C19H19F2NO3/c1-22(13-14-7-4-3-5-8-14)17(23)12-11-15-9-6-10-16(24-2)18(15)25-19(20)21/h3-12,19H,13H2,1-2H3. The summed E-state index contributed by atoms with van der Waals surface area (Å²) in [5.74, 6) is -0.183. The van der Waals surface area contributed by atoms with Gasteiger partial charge >= 0.3 is 6.61 Å². The lowest BCUT2D eigenvalue weighted by molar-refractivity contribution is -0.125. The molecule has 0 aliphatic heterocycles. The Labute approximate surface area is 145 Å². The molecule has 0 atom stereocenters. The van der Waals surface area contributed by atoms with E-state index in [4.69, 9.17) is 4.74 Å². The van der Waals surface area contributed by atoms with Crippen LogP contribution in [0.1, 0.15) is 11.1 Å². The summed E-state index contributed by atoms with van der Waals surface area (Å²) in [5, 5.41) is 0. The van der Waals surface area contributed by atoms with E-state index in [1.165, 1.54) is 30.2 Å². The number of alkyl halides is 2. The minimum atomic E-state index is -2.99. The van der Waals surface area contributed by atoms with Crippen LogP contribution in [0.5, 0.6) is 11.5 Å². The van der Waals surface area contributed by atoms with Gasteiger partial charge in [-0.05, 0) is 17.7 Å². The maximum atomic E-state index is 12.6. The molecule has 1 amide bonds. The molecule has 6 heteroatoms. The zero-order chi connectivity index (χ0) is 18.2. The van der Waals surface area contributed by atoms with E-state index in [2.05, 4.69) is 4.74 Å². The van der Waals surface area contributed by atoms with Crippen LogP contribution in [0.2, 0.25) is 0 Å². The van der Waals surface area contributed by atoms with Gasteiger partial charge in [0.05, 0.1) is 7.11 Å². The van der Waals surface area contributed by atoms with E-state index < -0.39 is 6.61 Å². The highest BCUT2D eigenvalue weighted by Crippen LogP contribution is 2.33. The summed E-state index contributed by atoms with van der Waals surface area (Å²) < 4.78 is 34.8. The topological polar surface area (TPSA) is 38.8 Å². The highest BCUT2D eigenvalue weighted by atomic mass is 19.3. The van der Waals surface area contributed by atoms with Crippen LogP contribution >= 0.6 is 0 Å². The first-order valence-electron chi connectivity index (χ1n) is 7.60. The molecular formula is C19H19F2NO3. The fraction of sp³-hybridized carbons (Fsp3) is 0.211. The van der Waals surface area contributed by atoms with E-state index in [1.807, 2.05) is 30.3 Å². The Morgan fingerprint density at radius 1 is 1.16 bits per heavy atom. The molecule has 2 aromatic rings. The molecule has 0 spiro atoms. The van der Waals surface area contributed by atoms with E-state index in [0.717, 1.165) is 5.56 Å². The molecule has 0 unspecified atom stereocenters. The molecule has 0 aromatic heterocycles. The highest BCUT2D eigenvalue weighted by molar-refractivity contribution is 5.92. The molecule has 0 aliphatic rings. The van der Waals surface area contributed by atoms with E-state index in [0.29, 0.717) is 12.1 Å². The number of benzene rings is 2. The maximum Gasteiger partial charge on any atom is 0.387 e. The van der Waals surface area contributed by atoms with Crippen LogP contribution in [0.25, 0.3) is 6.08 Å². The number of hydrogen-bond donors (Lipinski definition) is 0. The number of carbonyl (C=O) groups excluding carboxylic acids is 1. The van der Waals surface area contributed by atoms with Gasteiger partial charge in [0.1, 0.15) is 0 Å². The Balaban J connectivity index is 2.13. The molecule has 0 aliphatic carbocycles. The van der Waals surface area contributed by atoms with Crippen LogP contribution in [0.3, 0.4) is 0 Å². The quantitative estimate of drug-likeness (QED) is 0.712. The van der Waals surface area contributed by atoms with Gasteiger partial charge in [0.15, 0.2) is 11.5 Å². The molecule has 4 nitrogen and oxygen atoms in total. The van der Waals surface area contributed by atoms with Crippen LogP contribution in [0.15, 0.2) is 54.6 Å². The van der Waals surface area contributed by atoms with Gasteiger partial charge in [0.2, 0.25) is 5.91 Å². The summed E-state index contributed by atoms with van der Waals surface area (Å²) in [4.78, 5) is 13.8. The molecule has 0 saturated carbocycles. The lowest BCUT2D eigenvalue weighted by atomic mass is 10.1. The van der Waals surface area contributed by atoms with Crippen LogP contribution in [-0.2, 0) is 11.3 Å². The molecular weight excluding hydrogens is 328 g/mol. The van der Waals surface area contributed by atoms with Crippen LogP contribution in [0.4, 0.5) is 8.78 Å². The molecule has 25 heavy (non-hydrogen) atoms. The van der Waals surface area contributed by atoms with E-state index in [9.17, 15) is 13.6 Å². The molecule has 0 fully saturated rings. The summed E-state index contributed by atoms with van der Waals surface area (Å²) in [7, 11) is 3.03. The minimum absolute atomic E-state index is 0.102. The Bertz CT molecular complexity index is 733. The second kappa shape index (κ2) is 8.82. The van der Waals surface area contributed by atoms with E-state index in [-0.39, 0.29) is 17.4 Å². The molecule has 132 valence electrons. The zero-order valence-electron chi connectivity index (χ0n) is 14.0. The average molecular weight is 347 g/mol. The number of nitrogens with zero attached hydrogens (tertiary/aromatic N) is 1. The summed E-state index contributed by atoms with van der Waals surface area (Å²) in [5.41, 5.74) is 1.33. The number of halogens is 2. The van der Waals surface area contributed by atoms with Gasteiger partial charge in [-0.1, -0.05) is 42.5 Å². The first-order chi connectivity index (χ1) is 12.0. The molecule has 0 N–H and O–H groups in total. The van der Waals surface area contributed by atoms with Crippen molar-refractivity contribution in [1.29, 1.82) is 0 Å². The predicted molar refractivity (Wildman–Crippen MR) is 91.6 cm³/mol. The maximum absolute atomic E-state index is 12.6. The normalized spacial score (nSPS) is 10.9. The lowest BCUT2D eigenvalue weighted by Crippen LogP contribution is -2.24. The van der Waals surface area contributed by atoms with Crippen molar-refractivity contribution in [2.24, 2.45) is 0 Å². The largest absolute Gasteiger partial charge is 0.493 e. The third-order valence-corrected chi connectivity index (χ3v) is 3.48. The summed E-state index contributed by atoms with van der Waals surface area (Å²) in [6.45, 7) is -2.54. The summed E-state index contributed by atoms with van der Waals surface area (Å²) >= 11 is 0. The molecule has 2 aromatic carbocycles. The van der Waals surface area contributed by atoms with Crippen molar-refractivity contribution in [3.63, 3.8) is 0 Å². The third-order valence-electron chi connectivity index (χ3n) is 3.48. The van der Waals surface area contributed by atoms with Crippen molar-refractivity contribution in [3.8, 4) is 11.5 Å². The Kier molecular flexibility index (Phi) is 6.51.